The number of para-hydroxylation sites is 1. The summed E-state index contributed by atoms with van der Waals surface area (Å²) in [5, 5.41) is 7.47. The molecule has 0 fully saturated rings. The summed E-state index contributed by atoms with van der Waals surface area (Å²) in [6, 6.07) is 16.5. The number of hydrogen-bond acceptors (Lipinski definition) is 4. The molecule has 3 heterocycles. The Kier molecular flexibility index (Phi) is 8.39. The Morgan fingerprint density at radius 1 is 1.00 bits per heavy atom. The van der Waals surface area contributed by atoms with Crippen LogP contribution >= 0.6 is 0 Å². The van der Waals surface area contributed by atoms with Crippen molar-refractivity contribution in [2.24, 2.45) is 0 Å². The van der Waals surface area contributed by atoms with E-state index in [9.17, 15) is 13.0 Å². The minimum Gasteiger partial charge on any atom is -0.744 e. The molecule has 0 bridgehead atoms. The number of fused-ring (bicyclic) bond motifs is 5. The zero-order valence-corrected chi connectivity index (χ0v) is 24.1. The second kappa shape index (κ2) is 11.6. The third-order valence-corrected chi connectivity index (χ3v) is 8.21. The summed E-state index contributed by atoms with van der Waals surface area (Å²) in [5.74, 6) is 2.77. The maximum Gasteiger partial charge on any atom is 0.262 e. The molecule has 7 heteroatoms. The fraction of sp³-hybridized carbons (Fsp3) is 0.312. The number of terminal acetylenes is 1. The zero-order valence-electron chi connectivity index (χ0n) is 23.3. The highest BCUT2D eigenvalue weighted by Gasteiger charge is 2.20. The smallest absolute Gasteiger partial charge is 0.262 e. The summed E-state index contributed by atoms with van der Waals surface area (Å²) in [6.07, 6.45) is 11.3. The maximum atomic E-state index is 10.8. The molecule has 3 aromatic heterocycles. The van der Waals surface area contributed by atoms with E-state index in [4.69, 9.17) is 11.5 Å². The number of hydrogen-bond donors (Lipinski definition) is 0. The summed E-state index contributed by atoms with van der Waals surface area (Å²) in [7, 11) is -4.33. The molecule has 2 aromatic carbocycles. The van der Waals surface area contributed by atoms with Gasteiger partial charge in [-0.25, -0.2) is 8.42 Å². The van der Waals surface area contributed by atoms with Crippen LogP contribution in [0.1, 0.15) is 54.6 Å². The number of aryl methyl sites for hydroxylation is 6. The van der Waals surface area contributed by atoms with E-state index in [-0.39, 0.29) is 4.90 Å². The molecule has 39 heavy (non-hydrogen) atoms. The van der Waals surface area contributed by atoms with Crippen molar-refractivity contribution in [1.29, 1.82) is 0 Å². The standard InChI is InChI=1S/C23H24N3.C9H12O3S/c1-4-7-10-14-25-21-12-9-8-11-18(21)19-13-15-26-22(23(19)25)16-17(5-2)20(6-3)24-26;1-6-4-7(2)9(8(3)5-6)13(10,11)12/h1,8-9,11-13,15-16H,5-7,10,14H2,2-3H3;4-5H,1-3H3,(H,10,11,12)/q+1;/p-1. The highest BCUT2D eigenvalue weighted by molar-refractivity contribution is 7.85. The molecular formula is C32H35N3O3S. The first-order valence-electron chi connectivity index (χ1n) is 13.3. The predicted molar refractivity (Wildman–Crippen MR) is 156 cm³/mol. The highest BCUT2D eigenvalue weighted by Crippen LogP contribution is 2.31. The minimum atomic E-state index is -4.33. The molecule has 202 valence electrons. The second-order valence-electron chi connectivity index (χ2n) is 9.89. The molecule has 0 aliphatic carbocycles. The number of nitrogens with zero attached hydrogens (tertiary/aromatic N) is 3. The van der Waals surface area contributed by atoms with Crippen LogP contribution in [-0.2, 0) is 29.5 Å². The van der Waals surface area contributed by atoms with Gasteiger partial charge in [0, 0.05) is 46.5 Å². The Morgan fingerprint density at radius 2 is 1.69 bits per heavy atom. The molecule has 0 atom stereocenters. The molecule has 0 unspecified atom stereocenters. The average Bonchev–Trinajstić information content (AvgIpc) is 3.21. The quantitative estimate of drug-likeness (QED) is 0.115. The van der Waals surface area contributed by atoms with E-state index in [0.717, 1.165) is 37.8 Å². The van der Waals surface area contributed by atoms with Gasteiger partial charge in [-0.15, -0.1) is 12.3 Å². The number of aromatic nitrogens is 3. The lowest BCUT2D eigenvalue weighted by Crippen LogP contribution is -2.29. The van der Waals surface area contributed by atoms with E-state index in [0.29, 0.717) is 11.1 Å². The van der Waals surface area contributed by atoms with Crippen LogP contribution in [0.2, 0.25) is 0 Å². The van der Waals surface area contributed by atoms with Crippen molar-refractivity contribution in [1.82, 2.24) is 9.67 Å². The van der Waals surface area contributed by atoms with Crippen molar-refractivity contribution < 1.29 is 17.5 Å². The van der Waals surface area contributed by atoms with Gasteiger partial charge in [0.1, 0.15) is 21.3 Å². The molecule has 0 N–H and O–H groups in total. The van der Waals surface area contributed by atoms with Crippen LogP contribution in [0.3, 0.4) is 0 Å². The van der Waals surface area contributed by atoms with Gasteiger partial charge in [-0.2, -0.15) is 0 Å². The summed E-state index contributed by atoms with van der Waals surface area (Å²) < 4.78 is 37.0. The molecule has 5 aromatic rings. The summed E-state index contributed by atoms with van der Waals surface area (Å²) in [4.78, 5) is -0.0851. The fourth-order valence-electron chi connectivity index (χ4n) is 5.51. The van der Waals surface area contributed by atoms with Crippen molar-refractivity contribution in [2.45, 2.75) is 71.7 Å². The van der Waals surface area contributed by atoms with E-state index in [1.54, 1.807) is 26.0 Å². The van der Waals surface area contributed by atoms with Crippen LogP contribution in [0.5, 0.6) is 0 Å². The number of benzene rings is 2. The van der Waals surface area contributed by atoms with Gasteiger partial charge in [0.05, 0.1) is 4.90 Å². The van der Waals surface area contributed by atoms with E-state index in [2.05, 4.69) is 66.9 Å². The monoisotopic (exact) mass is 541 g/mol. The van der Waals surface area contributed by atoms with Crippen molar-refractivity contribution in [3.8, 4) is 12.3 Å². The summed E-state index contributed by atoms with van der Waals surface area (Å²) in [5.41, 5.74) is 8.22. The molecular weight excluding hydrogens is 506 g/mol. The molecule has 0 saturated heterocycles. The van der Waals surface area contributed by atoms with Gasteiger partial charge in [-0.1, -0.05) is 54.3 Å². The Labute approximate surface area is 231 Å². The topological polar surface area (TPSA) is 79.1 Å². The van der Waals surface area contributed by atoms with Crippen molar-refractivity contribution >= 4 is 37.4 Å². The molecule has 5 rings (SSSR count). The third kappa shape index (κ3) is 5.68. The SMILES string of the molecule is C#CCCCn1c2ccccc2c2cc[n+]3nc(CC)c(CC)cc3c21.Cc1cc(C)c(S(=O)(=O)[O-])c(C)c1. The van der Waals surface area contributed by atoms with Gasteiger partial charge in [-0.3, -0.25) is 0 Å². The minimum absolute atomic E-state index is 0.0851. The highest BCUT2D eigenvalue weighted by atomic mass is 32.2. The summed E-state index contributed by atoms with van der Waals surface area (Å²) >= 11 is 0. The normalized spacial score (nSPS) is 11.5. The van der Waals surface area contributed by atoms with Gasteiger partial charge in [0.25, 0.3) is 5.52 Å². The molecule has 0 amide bonds. The average molecular weight is 542 g/mol. The lowest BCUT2D eigenvalue weighted by molar-refractivity contribution is -0.580. The summed E-state index contributed by atoms with van der Waals surface area (Å²) in [6.45, 7) is 10.4. The van der Waals surface area contributed by atoms with Crippen LogP contribution in [0.25, 0.3) is 27.3 Å². The van der Waals surface area contributed by atoms with E-state index in [1.165, 1.54) is 38.6 Å². The van der Waals surface area contributed by atoms with Crippen molar-refractivity contribution in [3.63, 3.8) is 0 Å². The first-order chi connectivity index (χ1) is 18.6. The Bertz CT molecular complexity index is 1810. The molecule has 6 nitrogen and oxygen atoms in total. The van der Waals surface area contributed by atoms with Crippen LogP contribution in [0, 0.1) is 33.1 Å². The lowest BCUT2D eigenvalue weighted by Gasteiger charge is -2.14. The predicted octanol–water partition coefficient (Wildman–Crippen LogP) is 5.98. The van der Waals surface area contributed by atoms with Gasteiger partial charge >= 0.3 is 0 Å². The van der Waals surface area contributed by atoms with E-state index >= 15 is 0 Å². The molecule has 0 spiro atoms. The van der Waals surface area contributed by atoms with Gasteiger partial charge < -0.3 is 9.12 Å². The second-order valence-corrected chi connectivity index (χ2v) is 11.2. The number of unbranched alkanes of at least 4 members (excludes halogenated alkanes) is 1. The van der Waals surface area contributed by atoms with Crippen molar-refractivity contribution in [2.75, 3.05) is 0 Å². The van der Waals surface area contributed by atoms with Crippen LogP contribution < -0.4 is 4.52 Å². The first-order valence-corrected chi connectivity index (χ1v) is 14.7. The maximum absolute atomic E-state index is 10.8. The zero-order chi connectivity index (χ0) is 28.3. The number of rotatable bonds is 6. The Balaban J connectivity index is 0.000000229. The molecule has 0 saturated carbocycles. The fourth-order valence-corrected chi connectivity index (χ4v) is 6.42. The van der Waals surface area contributed by atoms with Gasteiger partial charge in [0.2, 0.25) is 6.20 Å². The molecule has 0 radical (unpaired) electrons. The van der Waals surface area contributed by atoms with Gasteiger partial charge in [-0.05, 0) is 62.8 Å². The van der Waals surface area contributed by atoms with Crippen LogP contribution in [-0.4, -0.2) is 22.6 Å². The Morgan fingerprint density at radius 3 is 2.31 bits per heavy atom. The molecule has 0 aliphatic rings. The largest absolute Gasteiger partial charge is 0.744 e. The lowest BCUT2D eigenvalue weighted by atomic mass is 10.1. The van der Waals surface area contributed by atoms with Crippen molar-refractivity contribution in [3.05, 3.63) is 82.7 Å². The van der Waals surface area contributed by atoms with E-state index in [1.807, 2.05) is 11.4 Å². The molecule has 0 aliphatic heterocycles. The van der Waals surface area contributed by atoms with E-state index < -0.39 is 10.1 Å². The van der Waals surface area contributed by atoms with Crippen LogP contribution in [0.15, 0.2) is 59.6 Å². The third-order valence-electron chi connectivity index (χ3n) is 7.07. The first kappa shape index (κ1) is 28.3. The van der Waals surface area contributed by atoms with Crippen LogP contribution in [0.4, 0.5) is 0 Å². The Hall–Kier alpha value is -3.73. The van der Waals surface area contributed by atoms with Gasteiger partial charge in [0.15, 0.2) is 0 Å². The number of pyridine rings is 1.